The summed E-state index contributed by atoms with van der Waals surface area (Å²) in [5.74, 6) is -10.1. The highest BCUT2D eigenvalue weighted by Gasteiger charge is 2.34. The minimum Gasteiger partial charge on any atom is -0.481 e. The fraction of sp³-hybridized carbons (Fsp3) is 0.548. The van der Waals surface area contributed by atoms with Crippen LogP contribution >= 0.6 is 23.5 Å². The van der Waals surface area contributed by atoms with Gasteiger partial charge in [0, 0.05) is 36.5 Å². The molecular weight excluding hydrogens is 945 g/mol. The standard InChI is InChI=1S/C42H64N12O13S2/c1-21(49-37(62)27(10-7-15-46-42(44)45)51-36(61)25(43)13-16-68-3)34(59)48-22(2)35(60)50-28(11-12-32(55)56)38(63)54-31(19-33(57)58)40(65)53-30(39(64)52-29(41(66)67)14-17-69-4)18-23-20-47-26-9-6-5-8-24(23)26/h5-6,8-9,20-22,25,27-31,47H,7,10-19,43H2,1-4H3,(H,48,59)(H,49,62)(H,50,60)(H,51,61)(H,52,64)(H,53,65)(H,54,63)(H,55,56)(H,57,58)(H,66,67)(H4,44,45,46)/t21-,22-,25-,27-,28-,29-,30-,31-/m0/s1. The molecule has 0 unspecified atom stereocenters. The number of benzene rings is 1. The Morgan fingerprint density at radius 3 is 1.74 bits per heavy atom. The highest BCUT2D eigenvalue weighted by molar-refractivity contribution is 7.98. The number of carbonyl (C=O) groups is 10. The molecule has 0 fully saturated rings. The number of H-pyrrole nitrogens is 1. The third-order valence-corrected chi connectivity index (χ3v) is 11.6. The van der Waals surface area contributed by atoms with Crippen LogP contribution in [-0.2, 0) is 54.4 Å². The fourth-order valence-electron chi connectivity index (χ4n) is 6.47. The summed E-state index contributed by atoms with van der Waals surface area (Å²) in [5.41, 5.74) is 17.9. The van der Waals surface area contributed by atoms with Crippen molar-refractivity contribution in [1.29, 1.82) is 0 Å². The summed E-state index contributed by atoms with van der Waals surface area (Å²) in [6.45, 7) is 2.64. The van der Waals surface area contributed by atoms with Crippen molar-refractivity contribution in [3.05, 3.63) is 36.0 Å². The number of nitrogens with one attached hydrogen (secondary N) is 8. The Morgan fingerprint density at radius 2 is 1.13 bits per heavy atom. The van der Waals surface area contributed by atoms with Gasteiger partial charge < -0.3 is 74.7 Å². The zero-order chi connectivity index (χ0) is 51.8. The number of amides is 7. The van der Waals surface area contributed by atoms with Gasteiger partial charge in [0.25, 0.3) is 0 Å². The second-order valence-corrected chi connectivity index (χ2v) is 17.8. The predicted molar refractivity (Wildman–Crippen MR) is 258 cm³/mol. The number of guanidine groups is 1. The first-order chi connectivity index (χ1) is 32.6. The van der Waals surface area contributed by atoms with Crippen LogP contribution in [0.3, 0.4) is 0 Å². The maximum Gasteiger partial charge on any atom is 0.326 e. The minimum absolute atomic E-state index is 0.0364. The minimum atomic E-state index is -1.92. The molecule has 8 atom stereocenters. The molecule has 1 aromatic heterocycles. The van der Waals surface area contributed by atoms with Crippen molar-refractivity contribution in [2.45, 2.75) is 114 Å². The Labute approximate surface area is 406 Å². The van der Waals surface area contributed by atoms with E-state index >= 15 is 0 Å². The fourth-order valence-corrected chi connectivity index (χ4v) is 7.43. The lowest BCUT2D eigenvalue weighted by Crippen LogP contribution is -2.60. The third kappa shape index (κ3) is 21.1. The molecule has 1 heterocycles. The number of para-hydroxylation sites is 1. The number of aromatic amines is 1. The summed E-state index contributed by atoms with van der Waals surface area (Å²) in [4.78, 5) is 137. The van der Waals surface area contributed by atoms with Gasteiger partial charge in [0.15, 0.2) is 5.96 Å². The number of aromatic nitrogens is 1. The molecule has 0 saturated carbocycles. The zero-order valence-electron chi connectivity index (χ0n) is 38.7. The molecule has 27 heteroatoms. The van der Waals surface area contributed by atoms with E-state index in [4.69, 9.17) is 17.2 Å². The monoisotopic (exact) mass is 1010 g/mol. The Hall–Kier alpha value is -6.61. The molecule has 25 nitrogen and oxygen atoms in total. The van der Waals surface area contributed by atoms with Gasteiger partial charge in [-0.2, -0.15) is 23.5 Å². The summed E-state index contributed by atoms with van der Waals surface area (Å²) < 4.78 is 0. The lowest BCUT2D eigenvalue weighted by Gasteiger charge is -2.26. The largest absolute Gasteiger partial charge is 0.481 e. The average Bonchev–Trinajstić information content (AvgIpc) is 3.70. The van der Waals surface area contributed by atoms with Gasteiger partial charge in [-0.15, -0.1) is 0 Å². The first-order valence-electron chi connectivity index (χ1n) is 21.7. The highest BCUT2D eigenvalue weighted by atomic mass is 32.2. The summed E-state index contributed by atoms with van der Waals surface area (Å²) in [6.07, 6.45) is 3.31. The second-order valence-electron chi connectivity index (χ2n) is 15.8. The van der Waals surface area contributed by atoms with Crippen molar-refractivity contribution in [1.82, 2.24) is 42.2 Å². The normalized spacial score (nSPS) is 14.4. The maximum absolute atomic E-state index is 13.8. The van der Waals surface area contributed by atoms with E-state index in [0.717, 1.165) is 0 Å². The Kier molecular flexibility index (Phi) is 25.4. The number of fused-ring (bicyclic) bond motifs is 1. The molecule has 0 saturated heterocycles. The van der Waals surface area contributed by atoms with E-state index in [0.29, 0.717) is 34.4 Å². The molecule has 0 aliphatic carbocycles. The first-order valence-corrected chi connectivity index (χ1v) is 24.5. The SMILES string of the molecule is CSCC[C@H](NC(=O)[C@H](Cc1c[nH]c2ccccc12)NC(=O)[C@H](CC(=O)O)NC(=O)[C@H](CCC(=O)O)NC(=O)[C@H](C)NC(=O)[C@H](C)NC(=O)[C@H](CCCN=C(N)N)NC(=O)[C@@H](N)CCSC)C(=O)O. The van der Waals surface area contributed by atoms with Gasteiger partial charge in [-0.3, -0.25) is 48.1 Å². The molecule has 0 radical (unpaired) electrons. The molecule has 1 aromatic carbocycles. The Balaban J connectivity index is 2.27. The van der Waals surface area contributed by atoms with Gasteiger partial charge in [0.05, 0.1) is 12.5 Å². The molecular formula is C42H64N12O13S2. The number of aliphatic carboxylic acids is 3. The lowest BCUT2D eigenvalue weighted by molar-refractivity contribution is -0.143. The van der Waals surface area contributed by atoms with Gasteiger partial charge in [0.2, 0.25) is 41.4 Å². The van der Waals surface area contributed by atoms with Gasteiger partial charge in [-0.05, 0) is 81.6 Å². The number of hydrogen-bond acceptors (Lipinski definition) is 14. The number of nitrogens with two attached hydrogens (primary N) is 3. The Bertz CT molecular complexity index is 2160. The topological polar surface area (TPSA) is 422 Å². The maximum atomic E-state index is 13.8. The molecule has 2 rings (SSSR count). The third-order valence-electron chi connectivity index (χ3n) is 10.3. The molecule has 0 aliphatic rings. The molecule has 0 spiro atoms. The van der Waals surface area contributed by atoms with E-state index in [1.807, 2.05) is 6.26 Å². The van der Waals surface area contributed by atoms with Crippen LogP contribution in [0.15, 0.2) is 35.5 Å². The van der Waals surface area contributed by atoms with Crippen LogP contribution in [-0.4, -0.2) is 164 Å². The number of aliphatic imine (C=N–C) groups is 1. The number of thioether (sulfide) groups is 2. The van der Waals surface area contributed by atoms with Crippen molar-refractivity contribution >= 4 is 99.6 Å². The second kappa shape index (κ2) is 30.0. The van der Waals surface area contributed by atoms with Crippen LogP contribution in [0.25, 0.3) is 10.9 Å². The molecule has 7 amide bonds. The van der Waals surface area contributed by atoms with Crippen LogP contribution < -0.4 is 54.4 Å². The first kappa shape index (κ1) is 58.5. The van der Waals surface area contributed by atoms with E-state index < -0.39 is 127 Å². The quantitative estimate of drug-likeness (QED) is 0.0204. The van der Waals surface area contributed by atoms with Crippen LogP contribution in [0.2, 0.25) is 0 Å². The number of carboxylic acids is 3. The van der Waals surface area contributed by atoms with Crippen molar-refractivity contribution in [2.75, 3.05) is 30.6 Å². The van der Waals surface area contributed by atoms with Gasteiger partial charge in [0.1, 0.15) is 42.3 Å². The predicted octanol–water partition coefficient (Wildman–Crippen LogP) is -2.55. The van der Waals surface area contributed by atoms with Crippen molar-refractivity contribution in [2.24, 2.45) is 22.2 Å². The lowest BCUT2D eigenvalue weighted by atomic mass is 10.0. The summed E-state index contributed by atoms with van der Waals surface area (Å²) >= 11 is 2.82. The molecule has 0 bridgehead atoms. The average molecular weight is 1010 g/mol. The molecule has 69 heavy (non-hydrogen) atoms. The smallest absolute Gasteiger partial charge is 0.326 e. The number of hydrogen-bond donors (Lipinski definition) is 14. The highest BCUT2D eigenvalue weighted by Crippen LogP contribution is 2.20. The number of nitrogens with zero attached hydrogens (tertiary/aromatic N) is 1. The van der Waals surface area contributed by atoms with Gasteiger partial charge >= 0.3 is 17.9 Å². The molecule has 2 aromatic rings. The number of rotatable bonds is 32. The summed E-state index contributed by atoms with van der Waals surface area (Å²) in [5, 5.41) is 46.4. The van der Waals surface area contributed by atoms with Crippen LogP contribution in [0.5, 0.6) is 0 Å². The van der Waals surface area contributed by atoms with E-state index in [9.17, 15) is 63.3 Å². The van der Waals surface area contributed by atoms with Crippen molar-refractivity contribution < 1.29 is 63.3 Å². The van der Waals surface area contributed by atoms with Crippen molar-refractivity contribution in [3.63, 3.8) is 0 Å². The van der Waals surface area contributed by atoms with E-state index in [-0.39, 0.29) is 38.2 Å². The molecule has 382 valence electrons. The number of carboxylic acid groups (broad SMARTS) is 3. The molecule has 0 aliphatic heterocycles. The number of carbonyl (C=O) groups excluding carboxylic acids is 7. The van der Waals surface area contributed by atoms with Gasteiger partial charge in [-0.1, -0.05) is 18.2 Å². The Morgan fingerprint density at radius 1 is 0.623 bits per heavy atom. The molecule has 17 N–H and O–H groups in total. The summed E-state index contributed by atoms with van der Waals surface area (Å²) in [6, 6.07) is -4.32. The van der Waals surface area contributed by atoms with Crippen LogP contribution in [0, 0.1) is 0 Å². The van der Waals surface area contributed by atoms with Gasteiger partial charge in [-0.25, -0.2) is 4.79 Å². The van der Waals surface area contributed by atoms with Crippen molar-refractivity contribution in [3.8, 4) is 0 Å². The van der Waals surface area contributed by atoms with Crippen LogP contribution in [0.1, 0.15) is 64.4 Å². The van der Waals surface area contributed by atoms with E-state index in [2.05, 4.69) is 47.2 Å². The van der Waals surface area contributed by atoms with Crippen LogP contribution in [0.4, 0.5) is 0 Å². The zero-order valence-corrected chi connectivity index (χ0v) is 40.3. The van der Waals surface area contributed by atoms with E-state index in [1.165, 1.54) is 37.4 Å². The van der Waals surface area contributed by atoms with E-state index in [1.54, 1.807) is 36.7 Å². The summed E-state index contributed by atoms with van der Waals surface area (Å²) in [7, 11) is 0.